The van der Waals surface area contributed by atoms with E-state index in [1.807, 2.05) is 12.1 Å². The van der Waals surface area contributed by atoms with Crippen molar-refractivity contribution in [3.05, 3.63) is 58.6 Å². The van der Waals surface area contributed by atoms with Gasteiger partial charge in [-0.25, -0.2) is 10.4 Å². The zero-order valence-electron chi connectivity index (χ0n) is 15.4. The molecule has 2 aromatic rings. The topological polar surface area (TPSA) is 82.7 Å². The maximum Gasteiger partial charge on any atom is 0.251 e. The van der Waals surface area contributed by atoms with Crippen molar-refractivity contribution in [2.24, 2.45) is 5.92 Å². The largest absolute Gasteiger partial charge is 0.384 e. The number of nitrogens with one attached hydrogen (secondary N) is 3. The van der Waals surface area contributed by atoms with Crippen molar-refractivity contribution < 1.29 is 14.3 Å². The molecule has 2 atom stereocenters. The first-order chi connectivity index (χ1) is 13.6. The minimum atomic E-state index is -0.255. The first kappa shape index (κ1) is 18.7. The molecular formula is C20H21ClN4O3. The van der Waals surface area contributed by atoms with Crippen molar-refractivity contribution in [2.45, 2.75) is 6.04 Å². The van der Waals surface area contributed by atoms with Gasteiger partial charge in [0.25, 0.3) is 5.91 Å². The summed E-state index contributed by atoms with van der Waals surface area (Å²) < 4.78 is 4.96. The molecule has 0 bridgehead atoms. The molecule has 8 heteroatoms. The lowest BCUT2D eigenvalue weighted by Gasteiger charge is -2.27. The van der Waals surface area contributed by atoms with Gasteiger partial charge in [0, 0.05) is 36.5 Å². The van der Waals surface area contributed by atoms with Crippen LogP contribution in [0.15, 0.2) is 42.5 Å². The van der Waals surface area contributed by atoms with E-state index in [-0.39, 0.29) is 23.8 Å². The van der Waals surface area contributed by atoms with E-state index in [1.165, 1.54) is 0 Å². The van der Waals surface area contributed by atoms with E-state index in [0.717, 1.165) is 16.9 Å². The fourth-order valence-electron chi connectivity index (χ4n) is 3.60. The molecule has 2 aliphatic rings. The van der Waals surface area contributed by atoms with Gasteiger partial charge in [-0.3, -0.25) is 9.59 Å². The Balaban J connectivity index is 1.59. The summed E-state index contributed by atoms with van der Waals surface area (Å²) in [4.78, 5) is 25.3. The molecule has 2 amide bonds. The van der Waals surface area contributed by atoms with Crippen LogP contribution in [0.5, 0.6) is 0 Å². The summed E-state index contributed by atoms with van der Waals surface area (Å²) >= 11 is 5.96. The van der Waals surface area contributed by atoms with E-state index in [9.17, 15) is 9.59 Å². The number of rotatable bonds is 5. The van der Waals surface area contributed by atoms with Gasteiger partial charge in [-0.2, -0.15) is 0 Å². The van der Waals surface area contributed by atoms with Crippen molar-refractivity contribution in [2.75, 3.05) is 37.1 Å². The summed E-state index contributed by atoms with van der Waals surface area (Å²) in [5, 5.41) is 8.30. The third kappa shape index (κ3) is 3.44. The number of halogens is 1. The highest BCUT2D eigenvalue weighted by molar-refractivity contribution is 6.30. The Labute approximate surface area is 168 Å². The molecule has 0 radical (unpaired) electrons. The summed E-state index contributed by atoms with van der Waals surface area (Å²) in [7, 11) is 1.59. The molecule has 2 aliphatic heterocycles. The average Bonchev–Trinajstić information content (AvgIpc) is 3.05. The number of fused-ring (bicyclic) bond motifs is 3. The SMILES string of the molecule is COCCNC(=O)c1ccc2c(c1)C1NN(c3ccc(Cl)cc3)C(=O)C1CN2. The highest BCUT2D eigenvalue weighted by atomic mass is 35.5. The first-order valence-electron chi connectivity index (χ1n) is 9.09. The number of hydrazine groups is 1. The lowest BCUT2D eigenvalue weighted by Crippen LogP contribution is -2.35. The Morgan fingerprint density at radius 1 is 1.29 bits per heavy atom. The molecule has 0 spiro atoms. The molecule has 2 aromatic carbocycles. The summed E-state index contributed by atoms with van der Waals surface area (Å²) in [5.41, 5.74) is 6.42. The zero-order valence-corrected chi connectivity index (χ0v) is 16.1. The standard InChI is InChI=1S/C20H21ClN4O3/c1-28-9-8-22-19(26)12-2-7-17-15(10-12)18-16(11-23-17)20(27)25(24-18)14-5-3-13(21)4-6-14/h2-7,10,16,18,23-24H,8-9,11H2,1H3,(H,22,26). The molecule has 1 saturated heterocycles. The molecule has 7 nitrogen and oxygen atoms in total. The number of hydrogen-bond acceptors (Lipinski definition) is 5. The Morgan fingerprint density at radius 2 is 2.07 bits per heavy atom. The molecule has 1 fully saturated rings. The Bertz CT molecular complexity index is 903. The molecule has 4 rings (SSSR count). The van der Waals surface area contributed by atoms with Crippen molar-refractivity contribution >= 4 is 34.8 Å². The van der Waals surface area contributed by atoms with E-state index in [4.69, 9.17) is 16.3 Å². The fourth-order valence-corrected chi connectivity index (χ4v) is 3.72. The zero-order chi connectivity index (χ0) is 19.7. The number of nitrogens with zero attached hydrogens (tertiary/aromatic N) is 1. The van der Waals surface area contributed by atoms with Crippen molar-refractivity contribution in [1.82, 2.24) is 10.7 Å². The monoisotopic (exact) mass is 400 g/mol. The number of benzene rings is 2. The molecule has 2 unspecified atom stereocenters. The van der Waals surface area contributed by atoms with Crippen LogP contribution in [0, 0.1) is 5.92 Å². The van der Waals surface area contributed by atoms with E-state index < -0.39 is 0 Å². The van der Waals surface area contributed by atoms with Crippen molar-refractivity contribution in [3.8, 4) is 0 Å². The van der Waals surface area contributed by atoms with Gasteiger partial charge in [0.2, 0.25) is 5.91 Å². The lowest BCUT2D eigenvalue weighted by molar-refractivity contribution is -0.120. The van der Waals surface area contributed by atoms with Crippen molar-refractivity contribution in [3.63, 3.8) is 0 Å². The smallest absolute Gasteiger partial charge is 0.251 e. The molecule has 0 aromatic heterocycles. The van der Waals surface area contributed by atoms with Crippen LogP contribution in [0.2, 0.25) is 5.02 Å². The number of ether oxygens (including phenoxy) is 1. The Kier molecular flexibility index (Phi) is 5.21. The Morgan fingerprint density at radius 3 is 2.82 bits per heavy atom. The second-order valence-electron chi connectivity index (χ2n) is 6.79. The quantitative estimate of drug-likeness (QED) is 0.671. The summed E-state index contributed by atoms with van der Waals surface area (Å²) in [6, 6.07) is 12.4. The van der Waals surface area contributed by atoms with Crippen LogP contribution in [0.4, 0.5) is 11.4 Å². The predicted octanol–water partition coefficient (Wildman–Crippen LogP) is 2.35. The second kappa shape index (κ2) is 7.79. The third-order valence-corrected chi connectivity index (χ3v) is 5.30. The molecule has 0 saturated carbocycles. The number of hydrogen-bond donors (Lipinski definition) is 3. The number of methoxy groups -OCH3 is 1. The van der Waals surface area contributed by atoms with E-state index in [0.29, 0.717) is 30.3 Å². The maximum atomic E-state index is 12.9. The normalized spacial score (nSPS) is 20.4. The molecular weight excluding hydrogens is 380 g/mol. The van der Waals surface area contributed by atoms with Crippen LogP contribution < -0.4 is 21.1 Å². The number of carbonyl (C=O) groups is 2. The van der Waals surface area contributed by atoms with Crippen LogP contribution >= 0.6 is 11.6 Å². The van der Waals surface area contributed by atoms with Crippen LogP contribution in [0.1, 0.15) is 22.0 Å². The molecule has 3 N–H and O–H groups in total. The van der Waals surface area contributed by atoms with Gasteiger partial charge in [-0.15, -0.1) is 0 Å². The minimum absolute atomic E-state index is 0.0135. The minimum Gasteiger partial charge on any atom is -0.384 e. The van der Waals surface area contributed by atoms with Crippen LogP contribution in [0.3, 0.4) is 0 Å². The van der Waals surface area contributed by atoms with Gasteiger partial charge in [0.15, 0.2) is 0 Å². The third-order valence-electron chi connectivity index (χ3n) is 5.05. The van der Waals surface area contributed by atoms with Gasteiger partial charge in [0.05, 0.1) is 24.3 Å². The van der Waals surface area contributed by atoms with Gasteiger partial charge in [-0.1, -0.05) is 11.6 Å². The van der Waals surface area contributed by atoms with Crippen LogP contribution in [-0.4, -0.2) is 38.6 Å². The van der Waals surface area contributed by atoms with Gasteiger partial charge < -0.3 is 15.4 Å². The number of amides is 2. The first-order valence-corrected chi connectivity index (χ1v) is 9.47. The van der Waals surface area contributed by atoms with Crippen LogP contribution in [0.25, 0.3) is 0 Å². The lowest BCUT2D eigenvalue weighted by atomic mass is 9.88. The predicted molar refractivity (Wildman–Crippen MR) is 107 cm³/mol. The van der Waals surface area contributed by atoms with E-state index >= 15 is 0 Å². The number of carbonyl (C=O) groups excluding carboxylic acids is 2. The van der Waals surface area contributed by atoms with Crippen molar-refractivity contribution in [1.29, 1.82) is 0 Å². The highest BCUT2D eigenvalue weighted by Gasteiger charge is 2.44. The molecule has 146 valence electrons. The van der Waals surface area contributed by atoms with Crippen LogP contribution in [-0.2, 0) is 9.53 Å². The molecule has 2 heterocycles. The Hall–Kier alpha value is -2.61. The van der Waals surface area contributed by atoms with E-state index in [1.54, 1.807) is 42.5 Å². The summed E-state index contributed by atoms with van der Waals surface area (Å²) in [6.07, 6.45) is 0. The average molecular weight is 401 g/mol. The summed E-state index contributed by atoms with van der Waals surface area (Å²) in [6.45, 7) is 1.43. The molecule has 28 heavy (non-hydrogen) atoms. The number of anilines is 2. The highest BCUT2D eigenvalue weighted by Crippen LogP contribution is 2.40. The maximum absolute atomic E-state index is 12.9. The second-order valence-corrected chi connectivity index (χ2v) is 7.23. The van der Waals surface area contributed by atoms with Gasteiger partial charge in [0.1, 0.15) is 0 Å². The van der Waals surface area contributed by atoms with Gasteiger partial charge >= 0.3 is 0 Å². The molecule has 0 aliphatic carbocycles. The summed E-state index contributed by atoms with van der Waals surface area (Å²) in [5.74, 6) is -0.434. The fraction of sp³-hybridized carbons (Fsp3) is 0.300. The van der Waals surface area contributed by atoms with E-state index in [2.05, 4.69) is 16.1 Å². The van der Waals surface area contributed by atoms with Gasteiger partial charge in [-0.05, 0) is 48.0 Å².